The van der Waals surface area contributed by atoms with Gasteiger partial charge in [-0.25, -0.2) is 0 Å². The van der Waals surface area contributed by atoms with Gasteiger partial charge in [0.05, 0.1) is 35.8 Å². The van der Waals surface area contributed by atoms with Crippen LogP contribution in [0.1, 0.15) is 78.8 Å². The van der Waals surface area contributed by atoms with Crippen molar-refractivity contribution >= 4 is 29.5 Å². The largest absolute Gasteiger partial charge is 0.465 e. The highest BCUT2D eigenvalue weighted by atomic mass is 32.2. The number of hydrogen-bond donors (Lipinski definition) is 1. The van der Waals surface area contributed by atoms with Crippen molar-refractivity contribution < 1.29 is 24.2 Å². The third-order valence-corrected chi connectivity index (χ3v) is 11.5. The second-order valence-electron chi connectivity index (χ2n) is 14.3. The minimum atomic E-state index is -0.856. The zero-order valence-corrected chi connectivity index (χ0v) is 27.6. The molecule has 1 N–H and O–H groups in total. The number of fused-ring (bicyclic) bond motifs is 1. The number of esters is 1. The molecule has 0 aromatic heterocycles. The van der Waals surface area contributed by atoms with Crippen LogP contribution in [0.4, 0.5) is 0 Å². The number of carbonyl (C=O) groups is 3. The summed E-state index contributed by atoms with van der Waals surface area (Å²) < 4.78 is 4.92. The van der Waals surface area contributed by atoms with Gasteiger partial charge in [0.25, 0.3) is 0 Å². The summed E-state index contributed by atoms with van der Waals surface area (Å²) in [6.45, 7) is 20.7. The first kappa shape index (κ1) is 33.3. The van der Waals surface area contributed by atoms with Crippen LogP contribution in [-0.4, -0.2) is 74.0 Å². The van der Waals surface area contributed by atoms with E-state index in [9.17, 15) is 14.7 Å². The Balaban J connectivity index is 1.84. The van der Waals surface area contributed by atoms with Crippen LogP contribution in [0.2, 0.25) is 0 Å². The van der Waals surface area contributed by atoms with Crippen molar-refractivity contribution in [2.45, 2.75) is 94.8 Å². The molecular weight excluding hydrogens is 560 g/mol. The molecule has 3 heterocycles. The number of likely N-dealkylation sites (tertiary alicyclic amines) is 1. The van der Waals surface area contributed by atoms with E-state index in [2.05, 4.69) is 54.7 Å². The lowest BCUT2D eigenvalue weighted by Gasteiger charge is -2.47. The van der Waals surface area contributed by atoms with Gasteiger partial charge >= 0.3 is 5.97 Å². The molecule has 0 saturated carbocycles. The van der Waals surface area contributed by atoms with Gasteiger partial charge in [0.2, 0.25) is 11.8 Å². The molecule has 0 aliphatic carbocycles. The van der Waals surface area contributed by atoms with Crippen LogP contribution in [0.25, 0.3) is 0 Å². The third kappa shape index (κ3) is 6.06. The van der Waals surface area contributed by atoms with E-state index in [1.807, 2.05) is 35.2 Å². The normalized spacial score (nSPS) is 28.9. The first-order chi connectivity index (χ1) is 20.2. The smallest absolute Gasteiger partial charge is 0.310 e. The van der Waals surface area contributed by atoms with Crippen molar-refractivity contribution in [2.24, 2.45) is 23.2 Å². The average molecular weight is 611 g/mol. The maximum Gasteiger partial charge on any atom is 0.310 e. The predicted molar refractivity (Wildman–Crippen MR) is 172 cm³/mol. The number of rotatable bonds is 13. The lowest BCUT2D eigenvalue weighted by atomic mass is 9.66. The average Bonchev–Trinajstić information content (AvgIpc) is 3.53. The van der Waals surface area contributed by atoms with Crippen molar-refractivity contribution in [2.75, 3.05) is 19.8 Å². The van der Waals surface area contributed by atoms with E-state index in [0.717, 1.165) is 24.8 Å². The van der Waals surface area contributed by atoms with Gasteiger partial charge in [0.1, 0.15) is 6.04 Å². The van der Waals surface area contributed by atoms with Gasteiger partial charge in [-0.2, -0.15) is 0 Å². The van der Waals surface area contributed by atoms with Gasteiger partial charge in [0, 0.05) is 17.3 Å². The molecule has 3 unspecified atom stereocenters. The number of ether oxygens (including phenoxy) is 1. The lowest BCUT2D eigenvalue weighted by Crippen LogP contribution is -2.61. The van der Waals surface area contributed by atoms with E-state index in [0.29, 0.717) is 13.0 Å². The lowest BCUT2D eigenvalue weighted by molar-refractivity contribution is -0.155. The first-order valence-electron chi connectivity index (χ1n) is 15.6. The van der Waals surface area contributed by atoms with Gasteiger partial charge in [-0.1, -0.05) is 70.2 Å². The fourth-order valence-corrected chi connectivity index (χ4v) is 10.6. The molecule has 0 radical (unpaired) electrons. The SMILES string of the molecule is C=CCCCOC(=O)[C@@H]1[C@H]2C(=O)N([C@H](CO)c3ccccc3)C(C(=O)N(CC=C)C(C)(C)CC(C)(C)C)C23S[C@@H]1CC3C. The van der Waals surface area contributed by atoms with Gasteiger partial charge in [-0.3, -0.25) is 14.4 Å². The standard InChI is InChI=1S/C35H50N2O5S/c1-9-11-15-19-42-32(41)27-26-20-23(3)35(43-26)28(27)30(39)37(25(21-38)24-16-13-12-14-17-24)29(35)31(40)36(18-10-2)34(7,8)22-33(4,5)6/h9-10,12-14,16-17,23,25-29,38H,1-2,11,15,18-22H2,3-8H3/t23?,25-,26-,27+,28+,29?,35?/m1/s1. The Kier molecular flexibility index (Phi) is 9.92. The highest BCUT2D eigenvalue weighted by Gasteiger charge is 2.77. The Morgan fingerprint density at radius 3 is 2.44 bits per heavy atom. The van der Waals surface area contributed by atoms with E-state index in [4.69, 9.17) is 4.74 Å². The zero-order valence-electron chi connectivity index (χ0n) is 26.8. The van der Waals surface area contributed by atoms with Crippen molar-refractivity contribution in [1.29, 1.82) is 0 Å². The van der Waals surface area contributed by atoms with E-state index in [1.165, 1.54) is 0 Å². The molecule has 2 amide bonds. The third-order valence-electron chi connectivity index (χ3n) is 9.45. The Bertz CT molecular complexity index is 1210. The van der Waals surface area contributed by atoms with Gasteiger partial charge in [-0.05, 0) is 56.4 Å². The highest BCUT2D eigenvalue weighted by Crippen LogP contribution is 2.69. The van der Waals surface area contributed by atoms with Crippen molar-refractivity contribution in [3.63, 3.8) is 0 Å². The fourth-order valence-electron chi connectivity index (χ4n) is 8.17. The number of benzene rings is 1. The van der Waals surface area contributed by atoms with Crippen LogP contribution < -0.4 is 0 Å². The summed E-state index contributed by atoms with van der Waals surface area (Å²) in [6.07, 6.45) is 6.41. The minimum absolute atomic E-state index is 0.00615. The molecule has 7 nitrogen and oxygen atoms in total. The van der Waals surface area contributed by atoms with Crippen molar-refractivity contribution in [3.8, 4) is 0 Å². The molecule has 1 aromatic carbocycles. The quantitative estimate of drug-likeness (QED) is 0.173. The summed E-state index contributed by atoms with van der Waals surface area (Å²) in [5.41, 5.74) is 0.163. The maximum absolute atomic E-state index is 15.1. The number of aliphatic hydroxyl groups excluding tert-OH is 1. The summed E-state index contributed by atoms with van der Waals surface area (Å²) in [5, 5.41) is 10.7. The van der Waals surface area contributed by atoms with Crippen LogP contribution in [-0.2, 0) is 19.1 Å². The number of nitrogens with zero attached hydrogens (tertiary/aromatic N) is 2. The van der Waals surface area contributed by atoms with Gasteiger partial charge in [-0.15, -0.1) is 24.9 Å². The topological polar surface area (TPSA) is 87.1 Å². The summed E-state index contributed by atoms with van der Waals surface area (Å²) in [6, 6.07) is 7.81. The number of allylic oxidation sites excluding steroid dienone is 1. The number of thioether (sulfide) groups is 1. The van der Waals surface area contributed by atoms with Crippen LogP contribution in [0, 0.1) is 23.2 Å². The van der Waals surface area contributed by atoms with E-state index in [-0.39, 0.29) is 47.6 Å². The maximum atomic E-state index is 15.1. The molecule has 43 heavy (non-hydrogen) atoms. The molecule has 3 aliphatic heterocycles. The van der Waals surface area contributed by atoms with E-state index in [1.54, 1.807) is 28.8 Å². The monoisotopic (exact) mass is 610 g/mol. The van der Waals surface area contributed by atoms with Crippen LogP contribution in [0.3, 0.4) is 0 Å². The predicted octanol–water partition coefficient (Wildman–Crippen LogP) is 5.80. The van der Waals surface area contributed by atoms with Crippen molar-refractivity contribution in [1.82, 2.24) is 9.80 Å². The molecule has 1 aromatic rings. The molecule has 3 aliphatic rings. The zero-order chi connectivity index (χ0) is 31.7. The summed E-state index contributed by atoms with van der Waals surface area (Å²) in [7, 11) is 0. The first-order valence-corrected chi connectivity index (χ1v) is 16.5. The number of hydrogen-bond acceptors (Lipinski definition) is 6. The van der Waals surface area contributed by atoms with Gasteiger partial charge in [0.15, 0.2) is 0 Å². The Morgan fingerprint density at radius 2 is 1.86 bits per heavy atom. The number of aliphatic hydroxyl groups is 1. The van der Waals surface area contributed by atoms with Crippen molar-refractivity contribution in [3.05, 3.63) is 61.2 Å². The molecule has 2 bridgehead atoms. The molecule has 7 atom stereocenters. The Hall–Kier alpha value is -2.58. The molecule has 3 fully saturated rings. The minimum Gasteiger partial charge on any atom is -0.465 e. The highest BCUT2D eigenvalue weighted by molar-refractivity contribution is 8.02. The van der Waals surface area contributed by atoms with Crippen LogP contribution >= 0.6 is 11.8 Å². The number of unbranched alkanes of at least 4 members (excludes halogenated alkanes) is 1. The van der Waals surface area contributed by atoms with Crippen LogP contribution in [0.5, 0.6) is 0 Å². The molecule has 8 heteroatoms. The van der Waals surface area contributed by atoms with Gasteiger partial charge < -0.3 is 19.6 Å². The molecule has 3 saturated heterocycles. The molecule has 4 rings (SSSR count). The van der Waals surface area contributed by atoms with E-state index < -0.39 is 34.2 Å². The Labute approximate surface area is 262 Å². The summed E-state index contributed by atoms with van der Waals surface area (Å²) in [5.74, 6) is -2.10. The molecule has 1 spiro atoms. The summed E-state index contributed by atoms with van der Waals surface area (Å²) in [4.78, 5) is 47.0. The molecular formula is C35H50N2O5S. The van der Waals surface area contributed by atoms with E-state index >= 15 is 4.79 Å². The second-order valence-corrected chi connectivity index (χ2v) is 15.8. The number of carbonyl (C=O) groups excluding carboxylic acids is 3. The number of amides is 2. The molecule has 236 valence electrons. The fraction of sp³-hybridized carbons (Fsp3) is 0.629. The second kappa shape index (κ2) is 12.8. The summed E-state index contributed by atoms with van der Waals surface area (Å²) >= 11 is 1.63. The van der Waals surface area contributed by atoms with Crippen LogP contribution in [0.15, 0.2) is 55.6 Å². The Morgan fingerprint density at radius 1 is 1.19 bits per heavy atom.